The summed E-state index contributed by atoms with van der Waals surface area (Å²) >= 11 is 0. The summed E-state index contributed by atoms with van der Waals surface area (Å²) in [6.07, 6.45) is 0. The van der Waals surface area contributed by atoms with Crippen molar-refractivity contribution >= 4 is 21.7 Å². The summed E-state index contributed by atoms with van der Waals surface area (Å²) in [5.74, 6) is -1.20. The quantitative estimate of drug-likeness (QED) is 0.805. The van der Waals surface area contributed by atoms with Crippen molar-refractivity contribution in [3.8, 4) is 0 Å². The number of carbonyl (C=O) groups is 1. The topological polar surface area (TPSA) is 101 Å². The summed E-state index contributed by atoms with van der Waals surface area (Å²) in [6.45, 7) is 5.57. The highest BCUT2D eigenvalue weighted by atomic mass is 32.2. The number of carboxylic acid groups (broad SMARTS) is 1. The molecule has 1 aromatic rings. The zero-order valence-corrected chi connectivity index (χ0v) is 12.8. The molecule has 0 bridgehead atoms. The molecular weight excluding hydrogens is 280 g/mol. The third-order valence-electron chi connectivity index (χ3n) is 3.43. The van der Waals surface area contributed by atoms with Gasteiger partial charge in [0.25, 0.3) is 0 Å². The van der Waals surface area contributed by atoms with Crippen LogP contribution in [0.25, 0.3) is 0 Å². The fourth-order valence-electron chi connectivity index (χ4n) is 1.72. The van der Waals surface area contributed by atoms with Crippen LogP contribution >= 0.6 is 0 Å². The van der Waals surface area contributed by atoms with Gasteiger partial charge in [-0.15, -0.1) is 0 Å². The Labute approximate surface area is 119 Å². The van der Waals surface area contributed by atoms with E-state index in [4.69, 9.17) is 10.8 Å². The summed E-state index contributed by atoms with van der Waals surface area (Å²) in [7, 11) is -2.47. The number of nitrogens with two attached hydrogens (primary N) is 1. The van der Waals surface area contributed by atoms with Crippen molar-refractivity contribution in [2.45, 2.75) is 31.7 Å². The van der Waals surface area contributed by atoms with Gasteiger partial charge in [0.05, 0.1) is 10.5 Å². The first kappa shape index (κ1) is 16.5. The van der Waals surface area contributed by atoms with Crippen LogP contribution in [0.4, 0.5) is 5.69 Å². The zero-order chi connectivity index (χ0) is 15.7. The zero-order valence-electron chi connectivity index (χ0n) is 12.0. The molecule has 0 saturated heterocycles. The minimum atomic E-state index is -3.91. The van der Waals surface area contributed by atoms with Gasteiger partial charge in [-0.1, -0.05) is 13.8 Å². The lowest BCUT2D eigenvalue weighted by Gasteiger charge is -2.27. The Morgan fingerprint density at radius 1 is 1.30 bits per heavy atom. The molecule has 0 heterocycles. The van der Waals surface area contributed by atoms with Gasteiger partial charge in [0.15, 0.2) is 0 Å². The van der Waals surface area contributed by atoms with Crippen LogP contribution in [0.3, 0.4) is 0 Å². The van der Waals surface area contributed by atoms with E-state index < -0.39 is 16.0 Å². The average Bonchev–Trinajstić information content (AvgIpc) is 2.36. The average molecular weight is 300 g/mol. The monoisotopic (exact) mass is 300 g/mol. The van der Waals surface area contributed by atoms with Crippen LogP contribution in [0.1, 0.15) is 31.1 Å². The largest absolute Gasteiger partial charge is 0.478 e. The molecule has 6 nitrogen and oxygen atoms in total. The summed E-state index contributed by atoms with van der Waals surface area (Å²) in [6, 6.07) is 3.50. The Bertz CT molecular complexity index is 611. The highest BCUT2D eigenvalue weighted by molar-refractivity contribution is 7.89. The Kier molecular flexibility index (Phi) is 4.77. The maximum Gasteiger partial charge on any atom is 0.337 e. The van der Waals surface area contributed by atoms with Crippen molar-refractivity contribution in [1.29, 1.82) is 0 Å². The van der Waals surface area contributed by atoms with E-state index in [0.29, 0.717) is 0 Å². The molecule has 0 aliphatic carbocycles. The van der Waals surface area contributed by atoms with E-state index in [2.05, 4.69) is 0 Å². The minimum absolute atomic E-state index is 0.101. The van der Waals surface area contributed by atoms with Crippen LogP contribution < -0.4 is 5.73 Å². The maximum atomic E-state index is 12.6. The second kappa shape index (κ2) is 5.80. The van der Waals surface area contributed by atoms with E-state index in [1.807, 2.05) is 13.8 Å². The predicted octanol–water partition coefficient (Wildman–Crippen LogP) is 1.63. The second-order valence-electron chi connectivity index (χ2n) is 5.07. The van der Waals surface area contributed by atoms with Gasteiger partial charge in [0.1, 0.15) is 0 Å². The van der Waals surface area contributed by atoms with Gasteiger partial charge in [0, 0.05) is 18.8 Å². The molecular formula is C13H20N2O4S. The summed E-state index contributed by atoms with van der Waals surface area (Å²) < 4.78 is 26.3. The number of rotatable bonds is 5. The van der Waals surface area contributed by atoms with E-state index in [9.17, 15) is 13.2 Å². The summed E-state index contributed by atoms with van der Waals surface area (Å²) in [4.78, 5) is 10.9. The smallest absolute Gasteiger partial charge is 0.337 e. The normalized spacial score (nSPS) is 13.7. The minimum Gasteiger partial charge on any atom is -0.478 e. The molecule has 0 saturated carbocycles. The highest BCUT2D eigenvalue weighted by Gasteiger charge is 2.30. The molecule has 0 aromatic heterocycles. The molecule has 0 aliphatic rings. The Morgan fingerprint density at radius 3 is 2.30 bits per heavy atom. The van der Waals surface area contributed by atoms with Crippen molar-refractivity contribution < 1.29 is 18.3 Å². The van der Waals surface area contributed by atoms with Crippen LogP contribution in [0.15, 0.2) is 23.1 Å². The number of carboxylic acids is 1. The molecule has 7 heteroatoms. The van der Waals surface area contributed by atoms with Crippen LogP contribution in [-0.4, -0.2) is 36.9 Å². The molecule has 0 spiro atoms. The van der Waals surface area contributed by atoms with Gasteiger partial charge in [0.2, 0.25) is 10.0 Å². The van der Waals surface area contributed by atoms with Crippen LogP contribution in [0.2, 0.25) is 0 Å². The van der Waals surface area contributed by atoms with Gasteiger partial charge < -0.3 is 10.8 Å². The maximum absolute atomic E-state index is 12.6. The summed E-state index contributed by atoms with van der Waals surface area (Å²) in [5.41, 5.74) is 5.52. The van der Waals surface area contributed by atoms with E-state index in [0.717, 1.165) is 0 Å². The molecule has 1 aromatic carbocycles. The molecule has 0 radical (unpaired) electrons. The number of benzene rings is 1. The van der Waals surface area contributed by atoms with Gasteiger partial charge in [-0.25, -0.2) is 13.2 Å². The van der Waals surface area contributed by atoms with Gasteiger partial charge >= 0.3 is 5.97 Å². The SMILES string of the molecule is CC(C)C(C)N(C)S(=O)(=O)c1cc(N)ccc1C(=O)O. The van der Waals surface area contributed by atoms with Crippen LogP contribution in [-0.2, 0) is 10.0 Å². The number of nitrogens with zero attached hydrogens (tertiary/aromatic N) is 1. The molecule has 1 atom stereocenters. The molecule has 1 unspecified atom stereocenters. The van der Waals surface area contributed by atoms with E-state index in [1.165, 1.54) is 29.6 Å². The Hall–Kier alpha value is -1.60. The molecule has 1 rings (SSSR count). The van der Waals surface area contributed by atoms with E-state index in [1.54, 1.807) is 6.92 Å². The number of hydrogen-bond acceptors (Lipinski definition) is 4. The van der Waals surface area contributed by atoms with Crippen molar-refractivity contribution in [3.63, 3.8) is 0 Å². The fraction of sp³-hybridized carbons (Fsp3) is 0.462. The molecule has 0 aliphatic heterocycles. The second-order valence-corrected chi connectivity index (χ2v) is 7.03. The third kappa shape index (κ3) is 3.10. The summed E-state index contributed by atoms with van der Waals surface area (Å²) in [5, 5.41) is 9.13. The third-order valence-corrected chi connectivity index (χ3v) is 5.42. The molecule has 112 valence electrons. The molecule has 0 amide bonds. The van der Waals surface area contributed by atoms with Crippen LogP contribution in [0.5, 0.6) is 0 Å². The molecule has 0 fully saturated rings. The number of anilines is 1. The van der Waals surface area contributed by atoms with Gasteiger partial charge in [-0.05, 0) is 31.0 Å². The number of nitrogen functional groups attached to an aromatic ring is 1. The fourth-order valence-corrected chi connectivity index (χ4v) is 3.43. The van der Waals surface area contributed by atoms with E-state index >= 15 is 0 Å². The van der Waals surface area contributed by atoms with Crippen molar-refractivity contribution in [3.05, 3.63) is 23.8 Å². The number of aromatic carboxylic acids is 1. The van der Waals surface area contributed by atoms with Gasteiger partial charge in [-0.3, -0.25) is 0 Å². The Balaban J connectivity index is 3.42. The van der Waals surface area contributed by atoms with Crippen molar-refractivity contribution in [2.24, 2.45) is 5.92 Å². The van der Waals surface area contributed by atoms with Crippen LogP contribution in [0, 0.1) is 5.92 Å². The van der Waals surface area contributed by atoms with Gasteiger partial charge in [-0.2, -0.15) is 4.31 Å². The van der Waals surface area contributed by atoms with Crippen molar-refractivity contribution in [1.82, 2.24) is 4.31 Å². The van der Waals surface area contributed by atoms with Crippen molar-refractivity contribution in [2.75, 3.05) is 12.8 Å². The first-order valence-electron chi connectivity index (χ1n) is 6.20. The lowest BCUT2D eigenvalue weighted by atomic mass is 10.1. The Morgan fingerprint density at radius 2 is 1.85 bits per heavy atom. The van der Waals surface area contributed by atoms with E-state index in [-0.39, 0.29) is 28.1 Å². The molecule has 3 N–H and O–H groups in total. The lowest BCUT2D eigenvalue weighted by Crippen LogP contribution is -2.38. The first-order chi connectivity index (χ1) is 9.09. The lowest BCUT2D eigenvalue weighted by molar-refractivity contribution is 0.0692. The number of sulfonamides is 1. The predicted molar refractivity (Wildman–Crippen MR) is 77.1 cm³/mol. The standard InChI is InChI=1S/C13H20N2O4S/c1-8(2)9(3)15(4)20(18,19)12-7-10(14)5-6-11(12)13(16)17/h5-9H,14H2,1-4H3,(H,16,17). The first-order valence-corrected chi connectivity index (χ1v) is 7.64. The number of hydrogen-bond donors (Lipinski definition) is 2. The molecule has 20 heavy (non-hydrogen) atoms. The highest BCUT2D eigenvalue weighted by Crippen LogP contribution is 2.25.